The highest BCUT2D eigenvalue weighted by Gasteiger charge is 2.17. The zero-order valence-corrected chi connectivity index (χ0v) is 16.0. The summed E-state index contributed by atoms with van der Waals surface area (Å²) in [5.41, 5.74) is 0.888. The molecule has 0 radical (unpaired) electrons. The number of benzene rings is 2. The van der Waals surface area contributed by atoms with Crippen LogP contribution in [0.3, 0.4) is 0 Å². The van der Waals surface area contributed by atoms with Crippen LogP contribution in [0.25, 0.3) is 0 Å². The summed E-state index contributed by atoms with van der Waals surface area (Å²) in [6, 6.07) is 13.7. The number of carbonyl (C=O) groups excluding carboxylic acids is 1. The van der Waals surface area contributed by atoms with Crippen LogP contribution in [0.15, 0.2) is 64.9 Å². The van der Waals surface area contributed by atoms with Crippen LogP contribution in [0.5, 0.6) is 0 Å². The molecule has 1 heterocycles. The molecule has 0 spiro atoms. The summed E-state index contributed by atoms with van der Waals surface area (Å²) in [6.07, 6.45) is 0. The fraction of sp³-hybridized carbons (Fsp3) is 0.105. The van der Waals surface area contributed by atoms with Crippen molar-refractivity contribution in [3.05, 3.63) is 81.8 Å². The lowest BCUT2D eigenvalue weighted by atomic mass is 10.2. The van der Waals surface area contributed by atoms with Gasteiger partial charge in [0.1, 0.15) is 5.82 Å². The predicted octanol–water partition coefficient (Wildman–Crippen LogP) is 3.93. The van der Waals surface area contributed by atoms with Gasteiger partial charge in [0.25, 0.3) is 5.91 Å². The van der Waals surface area contributed by atoms with Crippen LogP contribution in [-0.4, -0.2) is 14.3 Å². The topological polar surface area (TPSA) is 75.3 Å². The van der Waals surface area contributed by atoms with Gasteiger partial charge in [-0.25, -0.2) is 17.5 Å². The van der Waals surface area contributed by atoms with Crippen molar-refractivity contribution in [3.8, 4) is 0 Å². The van der Waals surface area contributed by atoms with E-state index in [2.05, 4.69) is 10.0 Å². The van der Waals surface area contributed by atoms with Crippen LogP contribution in [-0.2, 0) is 16.6 Å². The molecule has 3 rings (SSSR count). The van der Waals surface area contributed by atoms with Crippen molar-refractivity contribution in [2.45, 2.75) is 18.4 Å². The van der Waals surface area contributed by atoms with E-state index in [1.165, 1.54) is 47.7 Å². The Kier molecular flexibility index (Phi) is 5.69. The number of carbonyl (C=O) groups is 1. The van der Waals surface area contributed by atoms with E-state index in [-0.39, 0.29) is 22.7 Å². The SMILES string of the molecule is Cc1ccc(NC(=O)c2cccc(S(=O)(=O)NCc3cccs3)c2)c(F)c1. The minimum atomic E-state index is -3.78. The average Bonchev–Trinajstić information content (AvgIpc) is 3.16. The fourth-order valence-electron chi connectivity index (χ4n) is 2.38. The summed E-state index contributed by atoms with van der Waals surface area (Å²) in [5, 5.41) is 4.32. The van der Waals surface area contributed by atoms with Crippen LogP contribution in [0.1, 0.15) is 20.8 Å². The molecule has 2 aromatic carbocycles. The average molecular weight is 404 g/mol. The molecule has 140 valence electrons. The molecule has 0 aliphatic carbocycles. The minimum absolute atomic E-state index is 0.0314. The molecule has 0 aliphatic heterocycles. The van der Waals surface area contributed by atoms with Gasteiger partial charge in [-0.05, 0) is 54.3 Å². The highest BCUT2D eigenvalue weighted by Crippen LogP contribution is 2.18. The lowest BCUT2D eigenvalue weighted by molar-refractivity contribution is 0.102. The van der Waals surface area contributed by atoms with Crippen molar-refractivity contribution in [1.29, 1.82) is 0 Å². The third-order valence-electron chi connectivity index (χ3n) is 3.80. The zero-order valence-electron chi connectivity index (χ0n) is 14.4. The number of rotatable bonds is 6. The lowest BCUT2D eigenvalue weighted by Crippen LogP contribution is -2.23. The standard InChI is InChI=1S/C19H17FN2O3S2/c1-13-7-8-18(17(20)10-13)22-19(23)14-4-2-6-16(11-14)27(24,25)21-12-15-5-3-9-26-15/h2-11,21H,12H2,1H3,(H,22,23). The molecule has 0 saturated carbocycles. The summed E-state index contributed by atoms with van der Waals surface area (Å²) in [7, 11) is -3.78. The summed E-state index contributed by atoms with van der Waals surface area (Å²) in [4.78, 5) is 13.2. The number of hydrogen-bond donors (Lipinski definition) is 2. The monoisotopic (exact) mass is 404 g/mol. The van der Waals surface area contributed by atoms with Crippen molar-refractivity contribution in [2.75, 3.05) is 5.32 Å². The van der Waals surface area contributed by atoms with Crippen molar-refractivity contribution in [3.63, 3.8) is 0 Å². The maximum atomic E-state index is 13.9. The third kappa shape index (κ3) is 4.79. The number of aryl methyl sites for hydroxylation is 1. The Morgan fingerprint density at radius 1 is 1.11 bits per heavy atom. The number of sulfonamides is 1. The summed E-state index contributed by atoms with van der Waals surface area (Å²) in [6.45, 7) is 1.91. The van der Waals surface area contributed by atoms with E-state index in [9.17, 15) is 17.6 Å². The Bertz CT molecular complexity index is 1060. The van der Waals surface area contributed by atoms with E-state index >= 15 is 0 Å². The van der Waals surface area contributed by atoms with E-state index in [4.69, 9.17) is 0 Å². The molecule has 1 amide bonds. The second-order valence-corrected chi connectivity index (χ2v) is 8.67. The summed E-state index contributed by atoms with van der Waals surface area (Å²) < 4.78 is 41.3. The van der Waals surface area contributed by atoms with Gasteiger partial charge in [0.15, 0.2) is 0 Å². The third-order valence-corrected chi connectivity index (χ3v) is 6.07. The van der Waals surface area contributed by atoms with Gasteiger partial charge < -0.3 is 5.32 Å². The smallest absolute Gasteiger partial charge is 0.255 e. The zero-order chi connectivity index (χ0) is 19.4. The van der Waals surface area contributed by atoms with Crippen LogP contribution >= 0.6 is 11.3 Å². The molecular weight excluding hydrogens is 387 g/mol. The van der Waals surface area contributed by atoms with Gasteiger partial charge in [-0.3, -0.25) is 4.79 Å². The molecule has 0 atom stereocenters. The highest BCUT2D eigenvalue weighted by molar-refractivity contribution is 7.89. The van der Waals surface area contributed by atoms with Gasteiger partial charge in [-0.15, -0.1) is 11.3 Å². The number of anilines is 1. The fourth-order valence-corrected chi connectivity index (χ4v) is 4.17. The quantitative estimate of drug-likeness (QED) is 0.654. The summed E-state index contributed by atoms with van der Waals surface area (Å²) in [5.74, 6) is -1.14. The Balaban J connectivity index is 1.76. The molecule has 0 unspecified atom stereocenters. The van der Waals surface area contributed by atoms with Crippen LogP contribution in [0.4, 0.5) is 10.1 Å². The van der Waals surface area contributed by atoms with Gasteiger partial charge in [0.05, 0.1) is 10.6 Å². The summed E-state index contributed by atoms with van der Waals surface area (Å²) >= 11 is 1.44. The van der Waals surface area contributed by atoms with Crippen LogP contribution < -0.4 is 10.0 Å². The van der Waals surface area contributed by atoms with Crippen molar-refractivity contribution in [1.82, 2.24) is 4.72 Å². The van der Waals surface area contributed by atoms with Gasteiger partial charge in [-0.2, -0.15) is 0 Å². The maximum absolute atomic E-state index is 13.9. The van der Waals surface area contributed by atoms with Crippen molar-refractivity contribution in [2.24, 2.45) is 0 Å². The highest BCUT2D eigenvalue weighted by atomic mass is 32.2. The molecule has 0 aliphatic rings. The number of thiophene rings is 1. The van der Waals surface area contributed by atoms with Crippen LogP contribution in [0.2, 0.25) is 0 Å². The lowest BCUT2D eigenvalue weighted by Gasteiger charge is -2.09. The predicted molar refractivity (Wildman–Crippen MR) is 104 cm³/mol. The Morgan fingerprint density at radius 2 is 1.93 bits per heavy atom. The first-order chi connectivity index (χ1) is 12.8. The van der Waals surface area contributed by atoms with E-state index in [1.807, 2.05) is 17.5 Å². The molecule has 0 fully saturated rings. The Morgan fingerprint density at radius 3 is 2.63 bits per heavy atom. The first kappa shape index (κ1) is 19.2. The first-order valence-corrected chi connectivity index (χ1v) is 10.4. The molecule has 0 bridgehead atoms. The molecule has 3 aromatic rings. The molecule has 27 heavy (non-hydrogen) atoms. The van der Waals surface area contributed by atoms with Gasteiger partial charge in [0.2, 0.25) is 10.0 Å². The minimum Gasteiger partial charge on any atom is -0.319 e. The van der Waals surface area contributed by atoms with Gasteiger partial charge in [0, 0.05) is 17.0 Å². The number of nitrogens with one attached hydrogen (secondary N) is 2. The van der Waals surface area contributed by atoms with Gasteiger partial charge in [-0.1, -0.05) is 18.2 Å². The normalized spacial score (nSPS) is 11.3. The first-order valence-electron chi connectivity index (χ1n) is 8.05. The van der Waals surface area contributed by atoms with Crippen LogP contribution in [0, 0.1) is 12.7 Å². The molecule has 0 saturated heterocycles. The second kappa shape index (κ2) is 7.99. The van der Waals surface area contributed by atoms with Crippen molar-refractivity contribution < 1.29 is 17.6 Å². The molecule has 8 heteroatoms. The Hall–Kier alpha value is -2.55. The number of hydrogen-bond acceptors (Lipinski definition) is 4. The van der Waals surface area contributed by atoms with E-state index in [1.54, 1.807) is 13.0 Å². The number of amides is 1. The Labute approximate surface area is 160 Å². The molecule has 5 nitrogen and oxygen atoms in total. The van der Waals surface area contributed by atoms with E-state index in [0.29, 0.717) is 0 Å². The second-order valence-electron chi connectivity index (χ2n) is 5.87. The molecule has 1 aromatic heterocycles. The largest absolute Gasteiger partial charge is 0.319 e. The van der Waals surface area contributed by atoms with E-state index in [0.717, 1.165) is 10.4 Å². The number of halogens is 1. The van der Waals surface area contributed by atoms with Crippen molar-refractivity contribution >= 4 is 33.0 Å². The maximum Gasteiger partial charge on any atom is 0.255 e. The molecule has 2 N–H and O–H groups in total. The molecular formula is C19H17FN2O3S2. The van der Waals surface area contributed by atoms with E-state index < -0.39 is 21.7 Å². The van der Waals surface area contributed by atoms with Gasteiger partial charge >= 0.3 is 0 Å².